The van der Waals surface area contributed by atoms with E-state index in [2.05, 4.69) is 15.9 Å². The molecule has 4 atom stereocenters. The predicted octanol–water partition coefficient (Wildman–Crippen LogP) is 3.89. The van der Waals surface area contributed by atoms with E-state index < -0.39 is 0 Å². The normalized spacial score (nSPS) is 31.8. The summed E-state index contributed by atoms with van der Waals surface area (Å²) in [5.74, 6) is 1.61. The number of rotatable bonds is 2. The van der Waals surface area contributed by atoms with Gasteiger partial charge in [-0.15, -0.1) is 0 Å². The average Bonchev–Trinajstić information content (AvgIpc) is 2.76. The Hall–Kier alpha value is -2.11. The fourth-order valence-electron chi connectivity index (χ4n) is 6.80. The first-order valence-corrected chi connectivity index (χ1v) is 11.6. The Morgan fingerprint density at radius 1 is 1.10 bits per heavy atom. The van der Waals surface area contributed by atoms with Crippen LogP contribution in [0.4, 0.5) is 0 Å². The zero-order valence-electron chi connectivity index (χ0n) is 17.4. The Morgan fingerprint density at radius 2 is 2.00 bits per heavy atom. The molecule has 3 fully saturated rings. The lowest BCUT2D eigenvalue weighted by Gasteiger charge is -2.54. The predicted molar refractivity (Wildman–Crippen MR) is 116 cm³/mol. The number of likely N-dealkylation sites (tertiary alicyclic amines) is 1. The molecule has 0 unspecified atom stereocenters. The van der Waals surface area contributed by atoms with E-state index >= 15 is 0 Å². The van der Waals surface area contributed by atoms with E-state index in [0.29, 0.717) is 24.1 Å². The summed E-state index contributed by atoms with van der Waals surface area (Å²) in [6.07, 6.45) is 10.4. The van der Waals surface area contributed by atoms with Crippen LogP contribution in [0.3, 0.4) is 0 Å². The van der Waals surface area contributed by atoms with Crippen LogP contribution >= 0.6 is 0 Å². The minimum Gasteiger partial charge on any atom is -0.507 e. The maximum absolute atomic E-state index is 11.9. The molecular weight excluding hydrogens is 376 g/mol. The molecule has 5 heteroatoms. The van der Waals surface area contributed by atoms with E-state index in [0.717, 1.165) is 35.9 Å². The molecule has 4 heterocycles. The highest BCUT2D eigenvalue weighted by atomic mass is 16.4. The molecular formula is C25H30N2O3. The van der Waals surface area contributed by atoms with Crippen LogP contribution in [0.2, 0.25) is 0 Å². The molecule has 0 saturated carbocycles. The van der Waals surface area contributed by atoms with Crippen molar-refractivity contribution in [1.29, 1.82) is 0 Å². The molecule has 4 aliphatic rings. The number of fused-ring (bicyclic) bond motifs is 7. The summed E-state index contributed by atoms with van der Waals surface area (Å²) in [7, 11) is 0. The Bertz CT molecular complexity index is 1060. The Labute approximate surface area is 177 Å². The van der Waals surface area contributed by atoms with Crippen molar-refractivity contribution in [2.24, 2.45) is 11.8 Å². The summed E-state index contributed by atoms with van der Waals surface area (Å²) < 4.78 is 5.54. The van der Waals surface area contributed by atoms with Crippen molar-refractivity contribution >= 4 is 11.0 Å². The zero-order valence-corrected chi connectivity index (χ0v) is 17.4. The molecule has 0 amide bonds. The third kappa shape index (κ3) is 3.02. The summed E-state index contributed by atoms with van der Waals surface area (Å²) in [4.78, 5) is 17.2. The lowest BCUT2D eigenvalue weighted by molar-refractivity contribution is -0.00274. The summed E-state index contributed by atoms with van der Waals surface area (Å²) in [5.41, 5.74) is 2.54. The minimum absolute atomic E-state index is 0.223. The molecule has 1 aromatic carbocycles. The van der Waals surface area contributed by atoms with Gasteiger partial charge < -0.3 is 9.52 Å². The van der Waals surface area contributed by atoms with Crippen LogP contribution in [0.1, 0.15) is 44.1 Å². The Balaban J connectivity index is 1.36. The van der Waals surface area contributed by atoms with Gasteiger partial charge in [-0.3, -0.25) is 9.80 Å². The third-order valence-electron chi connectivity index (χ3n) is 7.99. The van der Waals surface area contributed by atoms with Crippen LogP contribution in [-0.4, -0.2) is 46.6 Å². The number of hydrogen-bond donors (Lipinski definition) is 1. The van der Waals surface area contributed by atoms with Crippen molar-refractivity contribution in [2.45, 2.75) is 57.2 Å². The quantitative estimate of drug-likeness (QED) is 0.606. The standard InChI is InChI=1S/C25H30N2O3/c28-22-8-6-16-7-9-23(29)30-25(16)20(22)15-27-11-3-4-17-12-18-13-19(24(17)27)14-26-10-2-1-5-21(18)26/h6-9,12,18-19,21,24,28H,1-5,10-11,13-15H2/t18-,19+,21+,24+/m0/s1. The van der Waals surface area contributed by atoms with Crippen LogP contribution in [0, 0.1) is 11.8 Å². The Morgan fingerprint density at radius 3 is 2.93 bits per heavy atom. The highest BCUT2D eigenvalue weighted by Crippen LogP contribution is 2.45. The lowest BCUT2D eigenvalue weighted by Crippen LogP contribution is -2.59. The van der Waals surface area contributed by atoms with Gasteiger partial charge in [0.2, 0.25) is 0 Å². The highest BCUT2D eigenvalue weighted by Gasteiger charge is 2.45. The topological polar surface area (TPSA) is 56.9 Å². The number of phenolic OH excluding ortho intramolecular Hbond substituents is 1. The van der Waals surface area contributed by atoms with Crippen LogP contribution in [-0.2, 0) is 6.54 Å². The maximum atomic E-state index is 11.9. The van der Waals surface area contributed by atoms with E-state index in [1.165, 1.54) is 51.3 Å². The summed E-state index contributed by atoms with van der Waals surface area (Å²) in [6.45, 7) is 4.11. The molecule has 2 aromatic rings. The van der Waals surface area contributed by atoms with Gasteiger partial charge in [0, 0.05) is 36.6 Å². The van der Waals surface area contributed by atoms with Crippen molar-refractivity contribution < 1.29 is 9.52 Å². The number of aromatic hydroxyl groups is 1. The van der Waals surface area contributed by atoms with E-state index in [1.54, 1.807) is 17.7 Å². The van der Waals surface area contributed by atoms with Gasteiger partial charge in [0.1, 0.15) is 11.3 Å². The molecule has 30 heavy (non-hydrogen) atoms. The van der Waals surface area contributed by atoms with Gasteiger partial charge in [0.25, 0.3) is 0 Å². The summed E-state index contributed by atoms with van der Waals surface area (Å²) in [5, 5.41) is 11.5. The molecule has 3 saturated heterocycles. The number of piperidine rings is 3. The second-order valence-corrected chi connectivity index (χ2v) is 9.71. The van der Waals surface area contributed by atoms with Crippen LogP contribution in [0.5, 0.6) is 5.75 Å². The maximum Gasteiger partial charge on any atom is 0.336 e. The smallest absolute Gasteiger partial charge is 0.336 e. The Kier molecular flexibility index (Phi) is 4.50. The summed E-state index contributed by atoms with van der Waals surface area (Å²) >= 11 is 0. The zero-order chi connectivity index (χ0) is 20.2. The third-order valence-corrected chi connectivity index (χ3v) is 7.99. The average molecular weight is 407 g/mol. The molecule has 3 aliphatic heterocycles. The molecule has 0 radical (unpaired) electrons. The van der Waals surface area contributed by atoms with Gasteiger partial charge in [-0.2, -0.15) is 0 Å². The van der Waals surface area contributed by atoms with Crippen molar-refractivity contribution in [3.05, 3.63) is 51.9 Å². The minimum atomic E-state index is -0.363. The van der Waals surface area contributed by atoms with Gasteiger partial charge in [0.05, 0.1) is 5.56 Å². The second-order valence-electron chi connectivity index (χ2n) is 9.71. The fourth-order valence-corrected chi connectivity index (χ4v) is 6.80. The number of nitrogens with zero attached hydrogens (tertiary/aromatic N) is 2. The van der Waals surface area contributed by atoms with E-state index in [4.69, 9.17) is 4.42 Å². The first-order valence-electron chi connectivity index (χ1n) is 11.6. The first-order chi connectivity index (χ1) is 14.7. The van der Waals surface area contributed by atoms with Crippen molar-refractivity contribution in [3.63, 3.8) is 0 Å². The van der Waals surface area contributed by atoms with Crippen molar-refractivity contribution in [1.82, 2.24) is 9.80 Å². The molecule has 2 bridgehead atoms. The van der Waals surface area contributed by atoms with E-state index in [1.807, 2.05) is 6.07 Å². The van der Waals surface area contributed by atoms with Gasteiger partial charge >= 0.3 is 5.63 Å². The van der Waals surface area contributed by atoms with Crippen LogP contribution in [0.25, 0.3) is 11.0 Å². The van der Waals surface area contributed by atoms with Crippen molar-refractivity contribution in [2.75, 3.05) is 19.6 Å². The molecule has 6 rings (SSSR count). The van der Waals surface area contributed by atoms with Gasteiger partial charge in [0.15, 0.2) is 0 Å². The van der Waals surface area contributed by atoms with E-state index in [9.17, 15) is 9.90 Å². The molecule has 5 nitrogen and oxygen atoms in total. The fraction of sp³-hybridized carbons (Fsp3) is 0.560. The molecule has 1 aromatic heterocycles. The van der Waals surface area contributed by atoms with Crippen LogP contribution in [0.15, 0.2) is 45.1 Å². The van der Waals surface area contributed by atoms with Gasteiger partial charge in [-0.1, -0.05) is 18.1 Å². The second kappa shape index (κ2) is 7.24. The molecule has 1 aliphatic carbocycles. The van der Waals surface area contributed by atoms with Gasteiger partial charge in [-0.25, -0.2) is 4.79 Å². The molecule has 1 N–H and O–H groups in total. The summed E-state index contributed by atoms with van der Waals surface area (Å²) in [6, 6.07) is 7.99. The number of phenols is 1. The molecule has 0 spiro atoms. The number of hydrogen-bond acceptors (Lipinski definition) is 5. The number of benzene rings is 1. The van der Waals surface area contributed by atoms with Gasteiger partial charge in [-0.05, 0) is 75.2 Å². The van der Waals surface area contributed by atoms with Crippen LogP contribution < -0.4 is 5.63 Å². The first kappa shape index (κ1) is 18.6. The largest absolute Gasteiger partial charge is 0.507 e. The lowest BCUT2D eigenvalue weighted by atomic mass is 9.68. The van der Waals surface area contributed by atoms with E-state index in [-0.39, 0.29) is 11.4 Å². The highest BCUT2D eigenvalue weighted by molar-refractivity contribution is 5.81. The van der Waals surface area contributed by atoms with Crippen molar-refractivity contribution in [3.8, 4) is 5.75 Å². The molecule has 158 valence electrons. The SMILES string of the molecule is O=c1ccc2ccc(O)c(CN3CCCC4=C[C@H]5C[C@H](CN6CCCC[C@H]56)[C@@H]43)c2o1. The monoisotopic (exact) mass is 406 g/mol.